The average molecular weight is 348 g/mol. The lowest BCUT2D eigenvalue weighted by atomic mass is 10.3. The molecule has 0 saturated carbocycles. The molecule has 0 aliphatic rings. The molecule has 0 heterocycles. The van der Waals surface area contributed by atoms with Gasteiger partial charge in [0, 0.05) is 17.2 Å². The summed E-state index contributed by atoms with van der Waals surface area (Å²) < 4.78 is 13.0. The fourth-order valence-electron chi connectivity index (χ4n) is 1.27. The monoisotopic (exact) mass is 347 g/mol. The van der Waals surface area contributed by atoms with Gasteiger partial charge in [-0.2, -0.15) is 0 Å². The number of nitrogen functional groups attached to an aromatic ring is 1. The second-order valence-electron chi connectivity index (χ2n) is 3.69. The summed E-state index contributed by atoms with van der Waals surface area (Å²) in [5.74, 6) is -0.625. The van der Waals surface area contributed by atoms with Crippen LogP contribution in [0.25, 0.3) is 0 Å². The van der Waals surface area contributed by atoms with Crippen molar-refractivity contribution in [1.29, 1.82) is 0 Å². The minimum Gasteiger partial charge on any atom is -0.398 e. The first-order valence-corrected chi connectivity index (χ1v) is 7.35. The molecule has 0 spiro atoms. The molecule has 0 fully saturated rings. The van der Waals surface area contributed by atoms with Crippen molar-refractivity contribution in [2.45, 2.75) is 17.1 Å². The number of carbonyl (C=O) groups excluding carboxylic acids is 2. The normalized spacial score (nSPS) is 13.4. The molecule has 0 aromatic heterocycles. The number of hydrogen-bond donors (Lipinski definition) is 3. The molecule has 2 atom stereocenters. The third-order valence-electron chi connectivity index (χ3n) is 2.34. The van der Waals surface area contributed by atoms with Gasteiger partial charge in [-0.25, -0.2) is 4.79 Å². The number of urea groups is 1. The van der Waals surface area contributed by atoms with Crippen molar-refractivity contribution < 1.29 is 13.8 Å². The second kappa shape index (κ2) is 6.67. The van der Waals surface area contributed by atoms with Crippen molar-refractivity contribution in [1.82, 2.24) is 10.6 Å². The Morgan fingerprint density at radius 1 is 1.42 bits per heavy atom. The molecule has 104 valence electrons. The van der Waals surface area contributed by atoms with Gasteiger partial charge < -0.3 is 11.1 Å². The van der Waals surface area contributed by atoms with E-state index in [1.807, 2.05) is 0 Å². The molecule has 0 aliphatic carbocycles. The van der Waals surface area contributed by atoms with E-state index < -0.39 is 28.0 Å². The van der Waals surface area contributed by atoms with Crippen molar-refractivity contribution >= 4 is 44.4 Å². The van der Waals surface area contributed by atoms with Gasteiger partial charge in [-0.15, -0.1) is 0 Å². The Hall–Kier alpha value is -1.41. The van der Waals surface area contributed by atoms with Gasteiger partial charge in [-0.3, -0.25) is 14.3 Å². The van der Waals surface area contributed by atoms with Crippen molar-refractivity contribution in [3.63, 3.8) is 0 Å². The first kappa shape index (κ1) is 15.6. The topological polar surface area (TPSA) is 101 Å². The highest BCUT2D eigenvalue weighted by molar-refractivity contribution is 9.10. The number of nitrogens with one attached hydrogen (secondary N) is 2. The number of benzene rings is 1. The average Bonchev–Trinajstić information content (AvgIpc) is 2.36. The summed E-state index contributed by atoms with van der Waals surface area (Å²) in [5, 5.41) is 3.44. The number of imide groups is 1. The summed E-state index contributed by atoms with van der Waals surface area (Å²) >= 11 is 3.24. The molecule has 6 nitrogen and oxygen atoms in total. The molecule has 0 bridgehead atoms. The molecule has 0 radical (unpaired) electrons. The molecule has 0 aliphatic heterocycles. The van der Waals surface area contributed by atoms with Crippen LogP contribution in [0.1, 0.15) is 6.92 Å². The Balaban J connectivity index is 2.87. The zero-order chi connectivity index (χ0) is 14.6. The van der Waals surface area contributed by atoms with Gasteiger partial charge in [-0.1, -0.05) is 15.9 Å². The fourth-order valence-corrected chi connectivity index (χ4v) is 2.77. The summed E-state index contributed by atoms with van der Waals surface area (Å²) in [5.41, 5.74) is 6.08. The SMILES string of the molecule is CNC(=O)NC(=O)C(C)S(=O)c1ccc(Br)cc1N. The Kier molecular flexibility index (Phi) is 5.49. The van der Waals surface area contributed by atoms with E-state index in [1.54, 1.807) is 18.2 Å². The smallest absolute Gasteiger partial charge is 0.321 e. The number of anilines is 1. The van der Waals surface area contributed by atoms with Gasteiger partial charge in [0.15, 0.2) is 0 Å². The summed E-state index contributed by atoms with van der Waals surface area (Å²) in [4.78, 5) is 23.1. The lowest BCUT2D eigenvalue weighted by Gasteiger charge is -2.12. The summed E-state index contributed by atoms with van der Waals surface area (Å²) in [7, 11) is -0.249. The van der Waals surface area contributed by atoms with E-state index in [-0.39, 0.29) is 0 Å². The number of halogens is 1. The maximum atomic E-state index is 12.2. The standard InChI is InChI=1S/C11H14BrN3O3S/c1-6(10(16)15-11(17)14-2)19(18)9-4-3-7(12)5-8(9)13/h3-6H,13H2,1-2H3,(H2,14,15,16,17). The number of rotatable bonds is 3. The number of hydrogen-bond acceptors (Lipinski definition) is 4. The van der Waals surface area contributed by atoms with E-state index >= 15 is 0 Å². The van der Waals surface area contributed by atoms with Crippen molar-refractivity contribution in [3.05, 3.63) is 22.7 Å². The predicted molar refractivity (Wildman–Crippen MR) is 77.0 cm³/mol. The van der Waals surface area contributed by atoms with Crippen LogP contribution in [0.3, 0.4) is 0 Å². The molecular formula is C11H14BrN3O3S. The van der Waals surface area contributed by atoms with Crippen LogP contribution in [0.15, 0.2) is 27.6 Å². The quantitative estimate of drug-likeness (QED) is 0.709. The molecule has 8 heteroatoms. The number of amides is 3. The van der Waals surface area contributed by atoms with Crippen LogP contribution in [0.5, 0.6) is 0 Å². The second-order valence-corrected chi connectivity index (χ2v) is 6.35. The van der Waals surface area contributed by atoms with Gasteiger partial charge in [0.1, 0.15) is 5.25 Å². The molecule has 2 unspecified atom stereocenters. The Bertz CT molecular complexity index is 536. The van der Waals surface area contributed by atoms with E-state index in [0.717, 1.165) is 4.47 Å². The fraction of sp³-hybridized carbons (Fsp3) is 0.273. The van der Waals surface area contributed by atoms with Crippen LogP contribution in [0.4, 0.5) is 10.5 Å². The maximum absolute atomic E-state index is 12.2. The number of nitrogens with two attached hydrogens (primary N) is 1. The van der Waals surface area contributed by atoms with E-state index in [9.17, 15) is 13.8 Å². The molecule has 1 aromatic rings. The van der Waals surface area contributed by atoms with Gasteiger partial charge in [0.2, 0.25) is 5.91 Å². The van der Waals surface area contributed by atoms with E-state index in [0.29, 0.717) is 10.6 Å². The Morgan fingerprint density at radius 2 is 2.05 bits per heavy atom. The van der Waals surface area contributed by atoms with Crippen molar-refractivity contribution in [2.75, 3.05) is 12.8 Å². The lowest BCUT2D eigenvalue weighted by molar-refractivity contribution is -0.119. The third-order valence-corrected chi connectivity index (χ3v) is 4.50. The molecule has 19 heavy (non-hydrogen) atoms. The summed E-state index contributed by atoms with van der Waals surface area (Å²) in [6.07, 6.45) is 0. The van der Waals surface area contributed by atoms with Crippen molar-refractivity contribution in [3.8, 4) is 0 Å². The van der Waals surface area contributed by atoms with Crippen LogP contribution in [0.2, 0.25) is 0 Å². The van der Waals surface area contributed by atoms with Crippen molar-refractivity contribution in [2.24, 2.45) is 0 Å². The minimum absolute atomic E-state index is 0.326. The minimum atomic E-state index is -1.63. The lowest BCUT2D eigenvalue weighted by Crippen LogP contribution is -2.43. The van der Waals surface area contributed by atoms with Crippen LogP contribution in [-0.4, -0.2) is 28.4 Å². The predicted octanol–water partition coefficient (Wildman–Crippen LogP) is 0.983. The van der Waals surface area contributed by atoms with Crippen LogP contribution < -0.4 is 16.4 Å². The van der Waals surface area contributed by atoms with E-state index in [4.69, 9.17) is 5.73 Å². The first-order chi connectivity index (χ1) is 8.86. The Morgan fingerprint density at radius 3 is 2.58 bits per heavy atom. The van der Waals surface area contributed by atoms with Crippen LogP contribution >= 0.6 is 15.9 Å². The van der Waals surface area contributed by atoms with Crippen LogP contribution in [-0.2, 0) is 15.6 Å². The number of carbonyl (C=O) groups is 2. The van der Waals surface area contributed by atoms with Gasteiger partial charge >= 0.3 is 6.03 Å². The van der Waals surface area contributed by atoms with Gasteiger partial charge in [0.25, 0.3) is 0 Å². The Labute approximate surface area is 121 Å². The summed E-state index contributed by atoms with van der Waals surface area (Å²) in [6, 6.07) is 4.24. The largest absolute Gasteiger partial charge is 0.398 e. The zero-order valence-corrected chi connectivity index (χ0v) is 12.8. The summed E-state index contributed by atoms with van der Waals surface area (Å²) in [6.45, 7) is 1.47. The third kappa shape index (κ3) is 4.03. The van der Waals surface area contributed by atoms with E-state index in [2.05, 4.69) is 26.6 Å². The molecule has 0 saturated heterocycles. The maximum Gasteiger partial charge on any atom is 0.321 e. The first-order valence-electron chi connectivity index (χ1n) is 5.35. The molecule has 1 aromatic carbocycles. The van der Waals surface area contributed by atoms with Gasteiger partial charge in [-0.05, 0) is 25.1 Å². The highest BCUT2D eigenvalue weighted by atomic mass is 79.9. The van der Waals surface area contributed by atoms with Gasteiger partial charge in [0.05, 0.1) is 15.7 Å². The van der Waals surface area contributed by atoms with Crippen LogP contribution in [0, 0.1) is 0 Å². The molecular weight excluding hydrogens is 334 g/mol. The molecule has 3 amide bonds. The zero-order valence-electron chi connectivity index (χ0n) is 10.4. The highest BCUT2D eigenvalue weighted by Gasteiger charge is 2.24. The van der Waals surface area contributed by atoms with E-state index in [1.165, 1.54) is 14.0 Å². The molecule has 4 N–H and O–H groups in total. The highest BCUT2D eigenvalue weighted by Crippen LogP contribution is 2.23. The molecule has 1 rings (SSSR count).